The van der Waals surface area contributed by atoms with Crippen molar-refractivity contribution >= 4 is 23.4 Å². The molecule has 0 radical (unpaired) electrons. The fourth-order valence-electron chi connectivity index (χ4n) is 2.70. The zero-order valence-corrected chi connectivity index (χ0v) is 12.4. The Balaban J connectivity index is 1.79. The van der Waals surface area contributed by atoms with E-state index in [-0.39, 0.29) is 5.41 Å². The number of hydrogen-bond donors (Lipinski definition) is 1. The first-order valence-corrected chi connectivity index (χ1v) is 7.75. The smallest absolute Gasteiger partial charge is 0.127 e. The van der Waals surface area contributed by atoms with Gasteiger partial charge in [0.05, 0.1) is 6.61 Å². The van der Waals surface area contributed by atoms with Crippen molar-refractivity contribution in [1.82, 2.24) is 0 Å². The number of hydrogen-bond acceptors (Lipinski definition) is 3. The first-order chi connectivity index (χ1) is 9.83. The Morgan fingerprint density at radius 2 is 1.80 bits per heavy atom. The van der Waals surface area contributed by atoms with Crippen LogP contribution in [0.4, 0.5) is 0 Å². The van der Waals surface area contributed by atoms with Gasteiger partial charge in [0.2, 0.25) is 0 Å². The number of fused-ring (bicyclic) bond motifs is 1. The molecule has 0 aliphatic carbocycles. The van der Waals surface area contributed by atoms with E-state index in [4.69, 9.17) is 9.47 Å². The number of ether oxygens (including phenoxy) is 2. The van der Waals surface area contributed by atoms with E-state index in [0.717, 1.165) is 37.6 Å². The topological polar surface area (TPSA) is 18.5 Å². The van der Waals surface area contributed by atoms with Crippen molar-refractivity contribution in [3.05, 3.63) is 42.5 Å². The molecule has 20 heavy (non-hydrogen) atoms. The summed E-state index contributed by atoms with van der Waals surface area (Å²) in [6.07, 6.45) is 2.06. The minimum absolute atomic E-state index is 0.151. The van der Waals surface area contributed by atoms with Crippen LogP contribution in [-0.4, -0.2) is 25.6 Å². The second-order valence-electron chi connectivity index (χ2n) is 5.54. The molecule has 106 valence electrons. The van der Waals surface area contributed by atoms with Crippen molar-refractivity contribution in [3.8, 4) is 5.75 Å². The molecule has 1 aliphatic heterocycles. The molecule has 1 fully saturated rings. The van der Waals surface area contributed by atoms with E-state index in [0.29, 0.717) is 6.61 Å². The highest BCUT2D eigenvalue weighted by Gasteiger charge is 2.32. The number of thiol groups is 1. The monoisotopic (exact) mass is 288 g/mol. The largest absolute Gasteiger partial charge is 0.492 e. The van der Waals surface area contributed by atoms with Crippen LogP contribution in [0.5, 0.6) is 5.75 Å². The molecule has 3 heteroatoms. The molecule has 2 aromatic rings. The minimum atomic E-state index is 0.151. The average molecular weight is 288 g/mol. The van der Waals surface area contributed by atoms with Gasteiger partial charge in [0.25, 0.3) is 0 Å². The van der Waals surface area contributed by atoms with E-state index >= 15 is 0 Å². The van der Waals surface area contributed by atoms with Gasteiger partial charge in [-0.15, -0.1) is 0 Å². The van der Waals surface area contributed by atoms with Crippen LogP contribution in [0.25, 0.3) is 10.8 Å². The quantitative estimate of drug-likeness (QED) is 0.859. The Bertz CT molecular complexity index is 571. The average Bonchev–Trinajstić information content (AvgIpc) is 2.54. The maximum absolute atomic E-state index is 6.15. The molecule has 0 N–H and O–H groups in total. The summed E-state index contributed by atoms with van der Waals surface area (Å²) in [5.41, 5.74) is 0.151. The van der Waals surface area contributed by atoms with Gasteiger partial charge in [-0.05, 0) is 30.0 Å². The summed E-state index contributed by atoms with van der Waals surface area (Å²) in [5.74, 6) is 1.82. The summed E-state index contributed by atoms with van der Waals surface area (Å²) in [7, 11) is 0. The molecule has 1 saturated heterocycles. The van der Waals surface area contributed by atoms with Gasteiger partial charge in [0.15, 0.2) is 0 Å². The van der Waals surface area contributed by atoms with Gasteiger partial charge in [-0.3, -0.25) is 0 Å². The van der Waals surface area contributed by atoms with Gasteiger partial charge in [-0.2, -0.15) is 12.6 Å². The lowest BCUT2D eigenvalue weighted by molar-refractivity contribution is 0.00339. The fraction of sp³-hybridized carbons (Fsp3) is 0.412. The lowest BCUT2D eigenvalue weighted by Gasteiger charge is -2.35. The Kier molecular flexibility index (Phi) is 4.18. The van der Waals surface area contributed by atoms with Crippen molar-refractivity contribution in [2.45, 2.75) is 12.8 Å². The van der Waals surface area contributed by atoms with E-state index < -0.39 is 0 Å². The van der Waals surface area contributed by atoms with Gasteiger partial charge in [0, 0.05) is 24.0 Å². The van der Waals surface area contributed by atoms with Crippen molar-refractivity contribution in [2.24, 2.45) is 5.41 Å². The van der Waals surface area contributed by atoms with Crippen LogP contribution in [0.3, 0.4) is 0 Å². The highest BCUT2D eigenvalue weighted by Crippen LogP contribution is 2.34. The van der Waals surface area contributed by atoms with Crippen LogP contribution >= 0.6 is 12.6 Å². The third-order valence-electron chi connectivity index (χ3n) is 4.17. The lowest BCUT2D eigenvalue weighted by Crippen LogP contribution is -2.36. The van der Waals surface area contributed by atoms with Crippen LogP contribution in [0.15, 0.2) is 42.5 Å². The predicted molar refractivity (Wildman–Crippen MR) is 85.8 cm³/mol. The number of benzene rings is 2. The van der Waals surface area contributed by atoms with E-state index in [2.05, 4.69) is 49.0 Å². The second kappa shape index (κ2) is 6.06. The summed E-state index contributed by atoms with van der Waals surface area (Å²) < 4.78 is 11.6. The van der Waals surface area contributed by atoms with Crippen molar-refractivity contribution in [1.29, 1.82) is 0 Å². The third kappa shape index (κ3) is 2.79. The Labute approximate surface area is 125 Å². The number of rotatable bonds is 4. The molecule has 2 nitrogen and oxygen atoms in total. The van der Waals surface area contributed by atoms with Crippen LogP contribution < -0.4 is 4.74 Å². The summed E-state index contributed by atoms with van der Waals surface area (Å²) in [6, 6.07) is 14.6. The van der Waals surface area contributed by atoms with Crippen LogP contribution in [0.1, 0.15) is 12.8 Å². The molecule has 1 heterocycles. The van der Waals surface area contributed by atoms with Gasteiger partial charge in [-0.1, -0.05) is 36.4 Å². The highest BCUT2D eigenvalue weighted by atomic mass is 32.1. The fourth-order valence-corrected chi connectivity index (χ4v) is 3.11. The van der Waals surface area contributed by atoms with Gasteiger partial charge >= 0.3 is 0 Å². The SMILES string of the molecule is SCC1(COc2cccc3ccccc23)CCOCC1. The lowest BCUT2D eigenvalue weighted by atomic mass is 9.83. The van der Waals surface area contributed by atoms with Crippen molar-refractivity contribution < 1.29 is 9.47 Å². The molecule has 2 aromatic carbocycles. The minimum Gasteiger partial charge on any atom is -0.492 e. The Hall–Kier alpha value is -1.19. The zero-order chi connectivity index (χ0) is 13.8. The molecule has 0 unspecified atom stereocenters. The zero-order valence-electron chi connectivity index (χ0n) is 11.5. The molecule has 1 aliphatic rings. The molecular weight excluding hydrogens is 268 g/mol. The molecule has 0 atom stereocenters. The normalized spacial score (nSPS) is 18.1. The van der Waals surface area contributed by atoms with Gasteiger partial charge in [0.1, 0.15) is 5.75 Å². The Morgan fingerprint density at radius 1 is 1.05 bits per heavy atom. The van der Waals surface area contributed by atoms with Gasteiger partial charge < -0.3 is 9.47 Å². The van der Waals surface area contributed by atoms with Crippen molar-refractivity contribution in [3.63, 3.8) is 0 Å². The highest BCUT2D eigenvalue weighted by molar-refractivity contribution is 7.80. The molecule has 0 amide bonds. The van der Waals surface area contributed by atoms with E-state index in [1.54, 1.807) is 0 Å². The van der Waals surface area contributed by atoms with Crippen LogP contribution in [0.2, 0.25) is 0 Å². The first kappa shape index (κ1) is 13.8. The van der Waals surface area contributed by atoms with Crippen molar-refractivity contribution in [2.75, 3.05) is 25.6 Å². The van der Waals surface area contributed by atoms with Crippen LogP contribution in [0, 0.1) is 5.41 Å². The second-order valence-corrected chi connectivity index (χ2v) is 5.85. The summed E-state index contributed by atoms with van der Waals surface area (Å²) in [4.78, 5) is 0. The standard InChI is InChI=1S/C17H20O2S/c20-13-17(8-10-18-11-9-17)12-19-16-7-3-5-14-4-1-2-6-15(14)16/h1-7,20H,8-13H2. The molecule has 0 saturated carbocycles. The predicted octanol–water partition coefficient (Wildman–Crippen LogP) is 3.95. The van der Waals surface area contributed by atoms with Gasteiger partial charge in [-0.25, -0.2) is 0 Å². The first-order valence-electron chi connectivity index (χ1n) is 7.12. The van der Waals surface area contributed by atoms with E-state index in [1.807, 2.05) is 6.07 Å². The summed E-state index contributed by atoms with van der Waals surface area (Å²) in [6.45, 7) is 2.35. The molecular formula is C17H20O2S. The maximum Gasteiger partial charge on any atom is 0.127 e. The molecule has 0 spiro atoms. The maximum atomic E-state index is 6.15. The van der Waals surface area contributed by atoms with E-state index in [1.165, 1.54) is 10.8 Å². The molecule has 3 rings (SSSR count). The third-order valence-corrected chi connectivity index (χ3v) is 4.84. The summed E-state index contributed by atoms with van der Waals surface area (Å²) in [5, 5.41) is 2.40. The summed E-state index contributed by atoms with van der Waals surface area (Å²) >= 11 is 4.53. The van der Waals surface area contributed by atoms with E-state index in [9.17, 15) is 0 Å². The molecule has 0 aromatic heterocycles. The Morgan fingerprint density at radius 3 is 2.60 bits per heavy atom. The van der Waals surface area contributed by atoms with Crippen LogP contribution in [-0.2, 0) is 4.74 Å². The molecule has 0 bridgehead atoms.